The molecule has 0 bridgehead atoms. The van der Waals surface area contributed by atoms with Gasteiger partial charge in [0.05, 0.1) is 22.9 Å². The zero-order valence-electron chi connectivity index (χ0n) is 12.9. The topological polar surface area (TPSA) is 107 Å². The number of carbonyl (C=O) groups is 1. The summed E-state index contributed by atoms with van der Waals surface area (Å²) in [5, 5.41) is 13.9. The first-order valence-corrected chi connectivity index (χ1v) is 9.57. The van der Waals surface area contributed by atoms with E-state index in [0.717, 1.165) is 15.9 Å². The second kappa shape index (κ2) is 6.48. The number of tetrazole rings is 1. The van der Waals surface area contributed by atoms with Crippen LogP contribution in [0.25, 0.3) is 11.4 Å². The Hall–Kier alpha value is -2.00. The van der Waals surface area contributed by atoms with E-state index in [-0.39, 0.29) is 18.1 Å². The monoisotopic (exact) mass is 369 g/mol. The summed E-state index contributed by atoms with van der Waals surface area (Å²) in [4.78, 5) is 13.2. The number of halogens is 1. The summed E-state index contributed by atoms with van der Waals surface area (Å²) in [7, 11) is -3.20. The van der Waals surface area contributed by atoms with Gasteiger partial charge in [-0.2, -0.15) is 4.80 Å². The molecule has 1 saturated heterocycles. The molecule has 0 radical (unpaired) electrons. The van der Waals surface area contributed by atoms with E-state index in [1.807, 2.05) is 31.2 Å². The van der Waals surface area contributed by atoms with E-state index in [4.69, 9.17) is 11.6 Å². The molecule has 128 valence electrons. The lowest BCUT2D eigenvalue weighted by atomic mass is 10.1. The SMILES string of the molecule is Cc1ccc(-c2nnn(CC(=O)N[C@H]3CS(=O)(=O)C[C@@H]3Cl)n2)cc1. The van der Waals surface area contributed by atoms with Crippen molar-refractivity contribution in [1.29, 1.82) is 0 Å². The van der Waals surface area contributed by atoms with Crippen LogP contribution in [0.15, 0.2) is 24.3 Å². The van der Waals surface area contributed by atoms with Crippen LogP contribution in [0.1, 0.15) is 5.56 Å². The molecule has 1 fully saturated rings. The van der Waals surface area contributed by atoms with E-state index in [0.29, 0.717) is 5.82 Å². The first-order chi connectivity index (χ1) is 11.3. The number of hydrogen-bond donors (Lipinski definition) is 1. The van der Waals surface area contributed by atoms with Gasteiger partial charge in [-0.25, -0.2) is 8.42 Å². The van der Waals surface area contributed by atoms with Crippen molar-refractivity contribution in [3.05, 3.63) is 29.8 Å². The number of hydrogen-bond acceptors (Lipinski definition) is 6. The summed E-state index contributed by atoms with van der Waals surface area (Å²) >= 11 is 5.96. The van der Waals surface area contributed by atoms with Crippen LogP contribution in [-0.4, -0.2) is 57.5 Å². The Bertz CT molecular complexity index is 850. The summed E-state index contributed by atoms with van der Waals surface area (Å²) in [5.74, 6) is -0.262. The molecular formula is C14H16ClN5O3S. The molecule has 8 nitrogen and oxygen atoms in total. The highest BCUT2D eigenvalue weighted by molar-refractivity contribution is 7.91. The quantitative estimate of drug-likeness (QED) is 0.770. The number of carbonyl (C=O) groups excluding carboxylic acids is 1. The Morgan fingerprint density at radius 3 is 2.67 bits per heavy atom. The molecule has 2 atom stereocenters. The maximum Gasteiger partial charge on any atom is 0.243 e. The number of amides is 1. The van der Waals surface area contributed by atoms with Crippen LogP contribution < -0.4 is 5.32 Å². The second-order valence-corrected chi connectivity index (χ2v) is 8.49. The van der Waals surface area contributed by atoms with Crippen molar-refractivity contribution < 1.29 is 13.2 Å². The van der Waals surface area contributed by atoms with Gasteiger partial charge in [0.15, 0.2) is 9.84 Å². The molecule has 1 aromatic carbocycles. The number of aromatic nitrogens is 4. The lowest BCUT2D eigenvalue weighted by Crippen LogP contribution is -2.42. The minimum Gasteiger partial charge on any atom is -0.349 e. The molecular weight excluding hydrogens is 354 g/mol. The van der Waals surface area contributed by atoms with Crippen molar-refractivity contribution in [3.8, 4) is 11.4 Å². The first kappa shape index (κ1) is 16.8. The number of nitrogens with one attached hydrogen (secondary N) is 1. The highest BCUT2D eigenvalue weighted by atomic mass is 35.5. The highest BCUT2D eigenvalue weighted by Gasteiger charge is 2.37. The molecule has 2 aromatic rings. The molecule has 1 aromatic heterocycles. The summed E-state index contributed by atoms with van der Waals surface area (Å²) in [6.45, 7) is 1.82. The molecule has 10 heteroatoms. The van der Waals surface area contributed by atoms with Crippen LogP contribution in [0.3, 0.4) is 0 Å². The predicted octanol–water partition coefficient (Wildman–Crippen LogP) is 0.169. The Morgan fingerprint density at radius 2 is 2.04 bits per heavy atom. The van der Waals surface area contributed by atoms with E-state index in [1.54, 1.807) is 0 Å². The molecule has 0 saturated carbocycles. The number of sulfone groups is 1. The molecule has 1 amide bonds. The minimum atomic E-state index is -3.20. The fraction of sp³-hybridized carbons (Fsp3) is 0.429. The van der Waals surface area contributed by atoms with Crippen molar-refractivity contribution in [3.63, 3.8) is 0 Å². The van der Waals surface area contributed by atoms with Gasteiger partial charge >= 0.3 is 0 Å². The predicted molar refractivity (Wildman–Crippen MR) is 88.2 cm³/mol. The third-order valence-electron chi connectivity index (χ3n) is 3.68. The molecule has 24 heavy (non-hydrogen) atoms. The second-order valence-electron chi connectivity index (χ2n) is 5.78. The fourth-order valence-electron chi connectivity index (χ4n) is 2.45. The van der Waals surface area contributed by atoms with Gasteiger partial charge in [-0.15, -0.1) is 21.8 Å². The largest absolute Gasteiger partial charge is 0.349 e. The molecule has 0 spiro atoms. The van der Waals surface area contributed by atoms with Crippen LogP contribution >= 0.6 is 11.6 Å². The van der Waals surface area contributed by atoms with Crippen molar-refractivity contribution in [2.45, 2.75) is 24.9 Å². The molecule has 3 rings (SSSR count). The van der Waals surface area contributed by atoms with Crippen molar-refractivity contribution in [2.24, 2.45) is 0 Å². The summed E-state index contributed by atoms with van der Waals surface area (Å²) in [6, 6.07) is 7.02. The van der Waals surface area contributed by atoms with Crippen LogP contribution in [0, 0.1) is 6.92 Å². The van der Waals surface area contributed by atoms with Gasteiger partial charge in [-0.1, -0.05) is 29.8 Å². The fourth-order valence-corrected chi connectivity index (χ4v) is 5.00. The number of nitrogens with zero attached hydrogens (tertiary/aromatic N) is 4. The van der Waals surface area contributed by atoms with Gasteiger partial charge in [0.1, 0.15) is 6.54 Å². The van der Waals surface area contributed by atoms with Gasteiger partial charge in [-0.3, -0.25) is 4.79 Å². The standard InChI is InChI=1S/C14H16ClN5O3S/c1-9-2-4-10(5-3-9)14-17-19-20(18-14)6-13(21)16-12-8-24(22,23)7-11(12)15/h2-5,11-12H,6-8H2,1H3,(H,16,21)/t11-,12-/m0/s1. The third kappa shape index (κ3) is 3.90. The Labute approximate surface area is 144 Å². The average Bonchev–Trinajstić information content (AvgIpc) is 3.04. The normalized spacial score (nSPS) is 22.4. The maximum atomic E-state index is 12.0. The Balaban J connectivity index is 1.62. The Morgan fingerprint density at radius 1 is 1.33 bits per heavy atom. The zero-order valence-corrected chi connectivity index (χ0v) is 14.5. The first-order valence-electron chi connectivity index (χ1n) is 7.31. The molecule has 1 N–H and O–H groups in total. The van der Waals surface area contributed by atoms with E-state index >= 15 is 0 Å². The highest BCUT2D eigenvalue weighted by Crippen LogP contribution is 2.18. The number of alkyl halides is 1. The van der Waals surface area contributed by atoms with Crippen LogP contribution in [0.5, 0.6) is 0 Å². The summed E-state index contributed by atoms with van der Waals surface area (Å²) < 4.78 is 23.0. The minimum absolute atomic E-state index is 0.126. The Kier molecular flexibility index (Phi) is 4.55. The van der Waals surface area contributed by atoms with Crippen LogP contribution in [0.4, 0.5) is 0 Å². The van der Waals surface area contributed by atoms with E-state index < -0.39 is 27.2 Å². The van der Waals surface area contributed by atoms with E-state index in [1.165, 1.54) is 0 Å². The lowest BCUT2D eigenvalue weighted by molar-refractivity contribution is -0.122. The summed E-state index contributed by atoms with van der Waals surface area (Å²) in [5.41, 5.74) is 1.92. The maximum absolute atomic E-state index is 12.0. The van der Waals surface area contributed by atoms with Crippen LogP contribution in [0.2, 0.25) is 0 Å². The van der Waals surface area contributed by atoms with Gasteiger partial charge < -0.3 is 5.32 Å². The number of aryl methyl sites for hydroxylation is 1. The molecule has 0 unspecified atom stereocenters. The smallest absolute Gasteiger partial charge is 0.243 e. The molecule has 1 aliphatic rings. The molecule has 0 aliphatic carbocycles. The number of rotatable bonds is 4. The van der Waals surface area contributed by atoms with Gasteiger partial charge in [-0.05, 0) is 12.1 Å². The third-order valence-corrected chi connectivity index (χ3v) is 6.05. The van der Waals surface area contributed by atoms with Gasteiger partial charge in [0.25, 0.3) is 0 Å². The lowest BCUT2D eigenvalue weighted by Gasteiger charge is -2.13. The van der Waals surface area contributed by atoms with Crippen LogP contribution in [-0.2, 0) is 21.2 Å². The van der Waals surface area contributed by atoms with Gasteiger partial charge in [0, 0.05) is 5.56 Å². The zero-order chi connectivity index (χ0) is 17.3. The van der Waals surface area contributed by atoms with Gasteiger partial charge in [0.2, 0.25) is 11.7 Å². The van der Waals surface area contributed by atoms with Crippen molar-refractivity contribution in [2.75, 3.05) is 11.5 Å². The van der Waals surface area contributed by atoms with E-state index in [9.17, 15) is 13.2 Å². The summed E-state index contributed by atoms with van der Waals surface area (Å²) in [6.07, 6.45) is 0. The van der Waals surface area contributed by atoms with E-state index in [2.05, 4.69) is 20.7 Å². The molecule has 2 heterocycles. The van der Waals surface area contributed by atoms with Crippen molar-refractivity contribution in [1.82, 2.24) is 25.5 Å². The average molecular weight is 370 g/mol. The molecule has 1 aliphatic heterocycles. The van der Waals surface area contributed by atoms with Crippen molar-refractivity contribution >= 4 is 27.3 Å². The number of benzene rings is 1.